The summed E-state index contributed by atoms with van der Waals surface area (Å²) in [7, 11) is 1.67. The Balaban J connectivity index is 1.76. The Morgan fingerprint density at radius 3 is 2.61 bits per heavy atom. The number of hydrogen-bond acceptors (Lipinski definition) is 5. The fraction of sp³-hybridized carbons (Fsp3) is 0.400. The summed E-state index contributed by atoms with van der Waals surface area (Å²) in [5.74, 6) is -1.94. The van der Waals surface area contributed by atoms with Gasteiger partial charge in [-0.1, -0.05) is 26.0 Å². The van der Waals surface area contributed by atoms with E-state index in [9.17, 15) is 9.59 Å². The largest absolute Gasteiger partial charge is 0.481 e. The van der Waals surface area contributed by atoms with Crippen LogP contribution in [0.25, 0.3) is 11.4 Å². The van der Waals surface area contributed by atoms with Gasteiger partial charge in [0.1, 0.15) is 0 Å². The van der Waals surface area contributed by atoms with Gasteiger partial charge in [-0.15, -0.1) is 10.2 Å². The van der Waals surface area contributed by atoms with Crippen molar-refractivity contribution in [2.24, 2.45) is 24.3 Å². The number of nitrogens with zero attached hydrogens (tertiary/aromatic N) is 4. The van der Waals surface area contributed by atoms with Gasteiger partial charge in [0.05, 0.1) is 18.9 Å². The molecular formula is C15H17N5O3. The smallest absolute Gasteiger partial charge is 0.307 e. The molecule has 1 saturated carbocycles. The van der Waals surface area contributed by atoms with E-state index in [4.69, 9.17) is 5.11 Å². The quantitative estimate of drug-likeness (QED) is 0.876. The van der Waals surface area contributed by atoms with Crippen LogP contribution in [0.5, 0.6) is 0 Å². The van der Waals surface area contributed by atoms with Crippen LogP contribution in [-0.2, 0) is 16.6 Å². The van der Waals surface area contributed by atoms with Crippen molar-refractivity contribution >= 4 is 17.6 Å². The lowest BCUT2D eigenvalue weighted by atomic mass is 10.1. The second-order valence-corrected chi connectivity index (χ2v) is 6.29. The first-order chi connectivity index (χ1) is 10.8. The average Bonchev–Trinajstić information content (AvgIpc) is 2.83. The summed E-state index contributed by atoms with van der Waals surface area (Å²) in [4.78, 5) is 24.9. The van der Waals surface area contributed by atoms with Gasteiger partial charge in [-0.3, -0.25) is 9.59 Å². The van der Waals surface area contributed by atoms with Gasteiger partial charge >= 0.3 is 5.97 Å². The first-order valence-electron chi connectivity index (χ1n) is 7.19. The number of benzene rings is 1. The van der Waals surface area contributed by atoms with Crippen molar-refractivity contribution in [2.45, 2.75) is 13.8 Å². The van der Waals surface area contributed by atoms with Gasteiger partial charge in [0.25, 0.3) is 0 Å². The number of anilines is 1. The normalized spacial score (nSPS) is 21.7. The Kier molecular flexibility index (Phi) is 3.39. The molecule has 0 radical (unpaired) electrons. The molecule has 2 atom stereocenters. The summed E-state index contributed by atoms with van der Waals surface area (Å²) in [5, 5.41) is 23.7. The fourth-order valence-electron chi connectivity index (χ4n) is 2.94. The van der Waals surface area contributed by atoms with Crippen molar-refractivity contribution in [1.82, 2.24) is 20.2 Å². The number of hydrogen-bond donors (Lipinski definition) is 2. The van der Waals surface area contributed by atoms with Crippen molar-refractivity contribution in [1.29, 1.82) is 0 Å². The molecule has 1 aliphatic carbocycles. The van der Waals surface area contributed by atoms with Crippen molar-refractivity contribution in [3.05, 3.63) is 24.3 Å². The maximum Gasteiger partial charge on any atom is 0.307 e. The zero-order chi connectivity index (χ0) is 16.8. The minimum absolute atomic E-state index is 0.286. The van der Waals surface area contributed by atoms with Crippen LogP contribution in [0.15, 0.2) is 24.3 Å². The number of carboxylic acid groups (broad SMARTS) is 1. The fourth-order valence-corrected chi connectivity index (χ4v) is 2.94. The molecular weight excluding hydrogens is 298 g/mol. The highest BCUT2D eigenvalue weighted by atomic mass is 16.4. The van der Waals surface area contributed by atoms with Gasteiger partial charge in [0, 0.05) is 11.3 Å². The van der Waals surface area contributed by atoms with Crippen LogP contribution in [0.3, 0.4) is 0 Å². The predicted octanol–water partition coefficient (Wildman–Crippen LogP) is 1.17. The third-order valence-electron chi connectivity index (χ3n) is 4.27. The van der Waals surface area contributed by atoms with E-state index < -0.39 is 23.2 Å². The van der Waals surface area contributed by atoms with Crippen molar-refractivity contribution in [3.63, 3.8) is 0 Å². The average molecular weight is 315 g/mol. The lowest BCUT2D eigenvalue weighted by molar-refractivity contribution is -0.140. The zero-order valence-electron chi connectivity index (χ0n) is 13.0. The van der Waals surface area contributed by atoms with Crippen molar-refractivity contribution < 1.29 is 14.7 Å². The van der Waals surface area contributed by atoms with E-state index >= 15 is 0 Å². The molecule has 8 nitrogen and oxygen atoms in total. The van der Waals surface area contributed by atoms with Gasteiger partial charge in [0.2, 0.25) is 11.7 Å². The van der Waals surface area contributed by atoms with Crippen LogP contribution in [0, 0.1) is 17.3 Å². The zero-order valence-corrected chi connectivity index (χ0v) is 13.0. The van der Waals surface area contributed by atoms with Gasteiger partial charge in [-0.25, -0.2) is 0 Å². The highest BCUT2D eigenvalue weighted by Crippen LogP contribution is 2.58. The molecule has 2 aromatic rings. The van der Waals surface area contributed by atoms with E-state index in [1.807, 2.05) is 6.07 Å². The minimum Gasteiger partial charge on any atom is -0.481 e. The van der Waals surface area contributed by atoms with E-state index in [0.717, 1.165) is 5.56 Å². The third-order valence-corrected chi connectivity index (χ3v) is 4.27. The Labute approximate surface area is 132 Å². The Morgan fingerprint density at radius 2 is 2.04 bits per heavy atom. The summed E-state index contributed by atoms with van der Waals surface area (Å²) in [6.07, 6.45) is 0. The summed E-state index contributed by atoms with van der Waals surface area (Å²) >= 11 is 0. The number of amides is 1. The van der Waals surface area contributed by atoms with Gasteiger partial charge < -0.3 is 10.4 Å². The highest BCUT2D eigenvalue weighted by Gasteiger charge is 2.65. The number of tetrazole rings is 1. The second-order valence-electron chi connectivity index (χ2n) is 6.29. The lowest BCUT2D eigenvalue weighted by Gasteiger charge is -2.07. The number of aliphatic carboxylic acids is 1. The maximum absolute atomic E-state index is 12.3. The molecule has 8 heteroatoms. The van der Waals surface area contributed by atoms with E-state index in [1.54, 1.807) is 39.1 Å². The molecule has 0 spiro atoms. The van der Waals surface area contributed by atoms with E-state index in [2.05, 4.69) is 20.7 Å². The van der Waals surface area contributed by atoms with E-state index in [1.165, 1.54) is 4.80 Å². The molecule has 120 valence electrons. The minimum atomic E-state index is -0.937. The summed E-state index contributed by atoms with van der Waals surface area (Å²) in [5.41, 5.74) is 0.771. The van der Waals surface area contributed by atoms with Gasteiger partial charge in [0.15, 0.2) is 0 Å². The van der Waals surface area contributed by atoms with Crippen LogP contribution in [0.2, 0.25) is 0 Å². The Bertz CT molecular complexity index is 783. The van der Waals surface area contributed by atoms with Crippen LogP contribution >= 0.6 is 0 Å². The molecule has 1 fully saturated rings. The van der Waals surface area contributed by atoms with Crippen molar-refractivity contribution in [2.75, 3.05) is 5.32 Å². The second kappa shape index (κ2) is 5.15. The number of rotatable bonds is 4. The van der Waals surface area contributed by atoms with Crippen LogP contribution in [-0.4, -0.2) is 37.2 Å². The molecule has 3 rings (SSSR count). The topological polar surface area (TPSA) is 110 Å². The highest BCUT2D eigenvalue weighted by molar-refractivity contribution is 6.00. The van der Waals surface area contributed by atoms with Crippen LogP contribution in [0.1, 0.15) is 13.8 Å². The SMILES string of the molecule is Cn1nnc(-c2cccc(NC(=O)[C@H]3[C@H](C(=O)O)C3(C)C)c2)n1. The predicted molar refractivity (Wildman–Crippen MR) is 81.3 cm³/mol. The molecule has 1 aliphatic rings. The van der Waals surface area contributed by atoms with Crippen molar-refractivity contribution in [3.8, 4) is 11.4 Å². The number of nitrogens with one attached hydrogen (secondary N) is 1. The molecule has 1 aromatic carbocycles. The number of carbonyl (C=O) groups is 2. The standard InChI is InChI=1S/C15H17N5O3/c1-15(2)10(11(15)14(22)23)13(21)16-9-6-4-5-8(7-9)12-17-19-20(3)18-12/h4-7,10-11H,1-3H3,(H,16,21)(H,22,23)/t10-,11-/m1/s1. The van der Waals surface area contributed by atoms with Gasteiger partial charge in [-0.05, 0) is 22.8 Å². The van der Waals surface area contributed by atoms with Crippen LogP contribution in [0.4, 0.5) is 5.69 Å². The van der Waals surface area contributed by atoms with Gasteiger partial charge in [-0.2, -0.15) is 4.80 Å². The molecule has 0 aliphatic heterocycles. The summed E-state index contributed by atoms with van der Waals surface area (Å²) < 4.78 is 0. The molecule has 1 heterocycles. The number of carboxylic acids is 1. The molecule has 1 aromatic heterocycles. The summed E-state index contributed by atoms with van der Waals surface area (Å²) in [6.45, 7) is 3.58. The van der Waals surface area contributed by atoms with Crippen LogP contribution < -0.4 is 5.32 Å². The lowest BCUT2D eigenvalue weighted by Crippen LogP contribution is -2.17. The number of aromatic nitrogens is 4. The maximum atomic E-state index is 12.3. The molecule has 0 bridgehead atoms. The Morgan fingerprint density at radius 1 is 1.30 bits per heavy atom. The number of aryl methyl sites for hydroxylation is 1. The van der Waals surface area contributed by atoms with E-state index in [-0.39, 0.29) is 5.91 Å². The number of carbonyl (C=O) groups excluding carboxylic acids is 1. The molecule has 2 N–H and O–H groups in total. The Hall–Kier alpha value is -2.77. The monoisotopic (exact) mass is 315 g/mol. The van der Waals surface area contributed by atoms with E-state index in [0.29, 0.717) is 11.5 Å². The first kappa shape index (κ1) is 15.1. The molecule has 0 unspecified atom stereocenters. The summed E-state index contributed by atoms with van der Waals surface area (Å²) in [6, 6.07) is 7.06. The first-order valence-corrected chi connectivity index (χ1v) is 7.19. The molecule has 0 saturated heterocycles. The molecule has 1 amide bonds. The third kappa shape index (κ3) is 2.67. The molecule has 23 heavy (non-hydrogen) atoms.